The molecule has 0 radical (unpaired) electrons. The van der Waals surface area contributed by atoms with Crippen LogP contribution in [0.4, 0.5) is 0 Å². The lowest BCUT2D eigenvalue weighted by molar-refractivity contribution is -0.122. The molecule has 2 aromatic carbocycles. The molecule has 7 N–H and O–H groups in total. The molecule has 0 bridgehead atoms. The van der Waals surface area contributed by atoms with Gasteiger partial charge in [-0.1, -0.05) is 80.9 Å². The number of allylic oxidation sites excluding steroid dienone is 1. The molecule has 0 aliphatic rings. The topological polar surface area (TPSA) is 154 Å². The first-order valence-electron chi connectivity index (χ1n) is 13.6. The van der Waals surface area contributed by atoms with E-state index in [2.05, 4.69) is 10.0 Å². The quantitative estimate of drug-likeness (QED) is 0.108. The second-order valence-electron chi connectivity index (χ2n) is 9.55. The second-order valence-corrected chi connectivity index (χ2v) is 11.3. The highest BCUT2D eigenvalue weighted by molar-refractivity contribution is 7.88. The Hall–Kier alpha value is -3.21. The predicted molar refractivity (Wildman–Crippen MR) is 158 cm³/mol. The van der Waals surface area contributed by atoms with Crippen molar-refractivity contribution in [3.63, 3.8) is 0 Å². The van der Waals surface area contributed by atoms with Crippen molar-refractivity contribution in [2.45, 2.75) is 64.3 Å². The third-order valence-corrected chi connectivity index (χ3v) is 7.54. The number of hydrogen-bond acceptors (Lipinski definition) is 6. The van der Waals surface area contributed by atoms with E-state index < -0.39 is 16.1 Å². The number of carbonyl (C=O) groups excluding carboxylic acids is 1. The number of hydrogen-bond donors (Lipinski definition) is 5. The van der Waals surface area contributed by atoms with Gasteiger partial charge >= 0.3 is 0 Å². The van der Waals surface area contributed by atoms with E-state index in [4.69, 9.17) is 16.9 Å². The van der Waals surface area contributed by atoms with Crippen molar-refractivity contribution in [2.75, 3.05) is 19.6 Å². The van der Waals surface area contributed by atoms with Gasteiger partial charge in [-0.05, 0) is 43.4 Å². The van der Waals surface area contributed by atoms with Crippen molar-refractivity contribution >= 4 is 21.8 Å². The summed E-state index contributed by atoms with van der Waals surface area (Å²) in [6.07, 6.45) is 5.65. The van der Waals surface area contributed by atoms with Crippen molar-refractivity contribution in [1.29, 1.82) is 5.41 Å². The van der Waals surface area contributed by atoms with E-state index in [1.807, 2.05) is 55.2 Å². The Kier molecular flexibility index (Phi) is 13.7. The number of nitrogens with zero attached hydrogens (tertiary/aromatic N) is 1. The van der Waals surface area contributed by atoms with Crippen LogP contribution in [0.1, 0.15) is 62.6 Å². The molecule has 0 heterocycles. The van der Waals surface area contributed by atoms with Crippen molar-refractivity contribution in [3.8, 4) is 0 Å². The summed E-state index contributed by atoms with van der Waals surface area (Å²) in [5.41, 5.74) is 14.3. The number of nitrogens with one attached hydrogen (secondary N) is 3. The molecule has 0 aliphatic heterocycles. The minimum Gasteiger partial charge on any atom is -0.384 e. The maximum Gasteiger partial charge on any atom is 0.239 e. The summed E-state index contributed by atoms with van der Waals surface area (Å²) in [5, 5.41) is 10.5. The highest BCUT2D eigenvalue weighted by Crippen LogP contribution is 2.19. The van der Waals surface area contributed by atoms with E-state index in [0.717, 1.165) is 30.5 Å². The van der Waals surface area contributed by atoms with Gasteiger partial charge in [0.05, 0.1) is 18.3 Å². The van der Waals surface area contributed by atoms with E-state index in [1.165, 1.54) is 0 Å². The third kappa shape index (κ3) is 11.6. The van der Waals surface area contributed by atoms with Crippen LogP contribution < -0.4 is 21.5 Å². The third-order valence-electron chi connectivity index (χ3n) is 6.19. The van der Waals surface area contributed by atoms with Crippen LogP contribution in [0.15, 0.2) is 66.4 Å². The lowest BCUT2D eigenvalue weighted by atomic mass is 10.0. The Morgan fingerprint density at radius 1 is 1.05 bits per heavy atom. The first-order valence-corrected chi connectivity index (χ1v) is 15.2. The Labute approximate surface area is 233 Å². The molecule has 0 aliphatic carbocycles. The van der Waals surface area contributed by atoms with E-state index in [-0.39, 0.29) is 24.0 Å². The first-order chi connectivity index (χ1) is 18.7. The minimum absolute atomic E-state index is 0.00329. The van der Waals surface area contributed by atoms with Gasteiger partial charge in [-0.3, -0.25) is 10.2 Å². The van der Waals surface area contributed by atoms with E-state index >= 15 is 0 Å². The SMILES string of the molecule is CC/C=C(\C(CCCCN)NS(=O)(=O)Cc1ccccc1)N(CCC)CC(=O)NCc1ccc(C(=N)N)cc1. The van der Waals surface area contributed by atoms with Crippen molar-refractivity contribution in [3.05, 3.63) is 83.1 Å². The lowest BCUT2D eigenvalue weighted by Crippen LogP contribution is -2.45. The van der Waals surface area contributed by atoms with Gasteiger partial charge in [-0.25, -0.2) is 13.1 Å². The second kappa shape index (κ2) is 16.7. The molecule has 1 unspecified atom stereocenters. The van der Waals surface area contributed by atoms with Crippen molar-refractivity contribution in [2.24, 2.45) is 11.5 Å². The molecular weight excluding hydrogens is 512 g/mol. The lowest BCUT2D eigenvalue weighted by Gasteiger charge is -2.33. The Morgan fingerprint density at radius 2 is 1.74 bits per heavy atom. The number of nitrogens with two attached hydrogens (primary N) is 2. The van der Waals surface area contributed by atoms with Crippen LogP contribution in [0.3, 0.4) is 0 Å². The molecule has 0 spiro atoms. The Morgan fingerprint density at radius 3 is 2.33 bits per heavy atom. The van der Waals surface area contributed by atoms with Gasteiger partial charge in [0.25, 0.3) is 0 Å². The number of unbranched alkanes of at least 4 members (excludes halogenated alkanes) is 1. The zero-order chi connectivity index (χ0) is 28.7. The summed E-state index contributed by atoms with van der Waals surface area (Å²) < 4.78 is 29.3. The molecule has 0 saturated carbocycles. The summed E-state index contributed by atoms with van der Waals surface area (Å²) in [6.45, 7) is 5.63. The number of nitrogen functional groups attached to an aromatic ring is 1. The first kappa shape index (κ1) is 32.0. The molecule has 0 fully saturated rings. The summed E-state index contributed by atoms with van der Waals surface area (Å²) in [4.78, 5) is 15.0. The van der Waals surface area contributed by atoms with Crippen molar-refractivity contribution < 1.29 is 13.2 Å². The molecular formula is C29H44N6O3S. The standard InChI is InChI=1S/C29H44N6O3S/c1-3-10-27(26(13-8-9-18-30)34-39(37,38)22-24-11-6-5-7-12-24)35(19-4-2)21-28(36)33-20-23-14-16-25(17-15-23)29(31)32/h5-7,10-12,14-17,26,34H,3-4,8-9,13,18-22,30H2,1-2H3,(H3,31,32)(H,33,36)/b27-10+. The number of sulfonamides is 1. The van der Waals surface area contributed by atoms with Crippen LogP contribution >= 0.6 is 0 Å². The van der Waals surface area contributed by atoms with Crippen LogP contribution in [-0.4, -0.2) is 50.7 Å². The number of carbonyl (C=O) groups is 1. The van der Waals surface area contributed by atoms with Gasteiger partial charge < -0.3 is 21.7 Å². The molecule has 9 nitrogen and oxygen atoms in total. The van der Waals surface area contributed by atoms with Crippen LogP contribution in [0.25, 0.3) is 0 Å². The van der Waals surface area contributed by atoms with Crippen LogP contribution in [-0.2, 0) is 27.1 Å². The molecule has 214 valence electrons. The predicted octanol–water partition coefficient (Wildman–Crippen LogP) is 3.21. The van der Waals surface area contributed by atoms with E-state index in [9.17, 15) is 13.2 Å². The zero-order valence-electron chi connectivity index (χ0n) is 23.2. The van der Waals surface area contributed by atoms with Crippen LogP contribution in [0.2, 0.25) is 0 Å². The fourth-order valence-corrected chi connectivity index (χ4v) is 5.70. The van der Waals surface area contributed by atoms with Crippen LogP contribution in [0.5, 0.6) is 0 Å². The molecule has 1 atom stereocenters. The van der Waals surface area contributed by atoms with E-state index in [1.54, 1.807) is 24.3 Å². The summed E-state index contributed by atoms with van der Waals surface area (Å²) in [5.74, 6) is -0.275. The number of amides is 1. The van der Waals surface area contributed by atoms with Crippen LogP contribution in [0, 0.1) is 5.41 Å². The molecule has 2 rings (SSSR count). The largest absolute Gasteiger partial charge is 0.384 e. The van der Waals surface area contributed by atoms with Gasteiger partial charge in [-0.2, -0.15) is 0 Å². The molecule has 0 saturated heterocycles. The highest BCUT2D eigenvalue weighted by atomic mass is 32.2. The zero-order valence-corrected chi connectivity index (χ0v) is 24.0. The van der Waals surface area contributed by atoms with Gasteiger partial charge in [0.2, 0.25) is 15.9 Å². The van der Waals surface area contributed by atoms with E-state index in [0.29, 0.717) is 43.6 Å². The molecule has 0 aromatic heterocycles. The summed E-state index contributed by atoms with van der Waals surface area (Å²) in [7, 11) is -3.64. The fraction of sp³-hybridized carbons (Fsp3) is 0.448. The smallest absolute Gasteiger partial charge is 0.239 e. The maximum atomic E-state index is 13.2. The Balaban J connectivity index is 2.19. The van der Waals surface area contributed by atoms with Gasteiger partial charge in [0.1, 0.15) is 5.84 Å². The molecule has 39 heavy (non-hydrogen) atoms. The molecule has 10 heteroatoms. The number of amidine groups is 1. The maximum absolute atomic E-state index is 13.2. The highest BCUT2D eigenvalue weighted by Gasteiger charge is 2.26. The average Bonchev–Trinajstić information content (AvgIpc) is 2.90. The summed E-state index contributed by atoms with van der Waals surface area (Å²) >= 11 is 0. The average molecular weight is 557 g/mol. The van der Waals surface area contributed by atoms with Gasteiger partial charge in [0, 0.05) is 24.4 Å². The normalized spacial score (nSPS) is 12.6. The number of benzene rings is 2. The van der Waals surface area contributed by atoms with Gasteiger partial charge in [-0.15, -0.1) is 0 Å². The summed E-state index contributed by atoms with van der Waals surface area (Å²) in [6, 6.07) is 15.8. The minimum atomic E-state index is -3.64. The fourth-order valence-electron chi connectivity index (χ4n) is 4.31. The molecule has 1 amide bonds. The monoisotopic (exact) mass is 556 g/mol. The van der Waals surface area contributed by atoms with Gasteiger partial charge in [0.15, 0.2) is 0 Å². The number of rotatable bonds is 18. The molecule has 2 aromatic rings. The Bertz CT molecular complexity index is 1170. The van der Waals surface area contributed by atoms with Crippen molar-refractivity contribution in [1.82, 2.24) is 14.9 Å².